The van der Waals surface area contributed by atoms with Gasteiger partial charge in [0.25, 0.3) is 0 Å². The number of ether oxygens (including phenoxy) is 1. The topological polar surface area (TPSA) is 109 Å². The second-order valence-corrected chi connectivity index (χ2v) is 9.15. The number of hydrogen-bond donors (Lipinski definition) is 2. The van der Waals surface area contributed by atoms with Crippen LogP contribution in [0.4, 0.5) is 5.82 Å². The fourth-order valence-corrected chi connectivity index (χ4v) is 4.90. The van der Waals surface area contributed by atoms with E-state index < -0.39 is 21.9 Å². The molecular formula is C21H27N3O5S. The Morgan fingerprint density at radius 2 is 2.10 bits per heavy atom. The van der Waals surface area contributed by atoms with E-state index in [-0.39, 0.29) is 11.4 Å². The van der Waals surface area contributed by atoms with Crippen molar-refractivity contribution in [3.63, 3.8) is 0 Å². The molecule has 0 aliphatic carbocycles. The van der Waals surface area contributed by atoms with Crippen LogP contribution in [0.5, 0.6) is 5.75 Å². The van der Waals surface area contributed by atoms with E-state index in [1.54, 1.807) is 18.3 Å². The SMILES string of the molecule is O=C(O)C1CCCN(S(=O)(=O)c2cccc(OCCCCNc3ccccn3)c2)C1. The fraction of sp³-hybridized carbons (Fsp3) is 0.429. The molecule has 0 amide bonds. The summed E-state index contributed by atoms with van der Waals surface area (Å²) in [6.07, 6.45) is 4.47. The molecule has 1 aliphatic heterocycles. The number of hydrogen-bond acceptors (Lipinski definition) is 6. The van der Waals surface area contributed by atoms with Crippen molar-refractivity contribution in [3.05, 3.63) is 48.7 Å². The third kappa shape index (κ3) is 5.93. The number of carboxylic acids is 1. The molecule has 0 bridgehead atoms. The highest BCUT2D eigenvalue weighted by atomic mass is 32.2. The largest absolute Gasteiger partial charge is 0.494 e. The van der Waals surface area contributed by atoms with Gasteiger partial charge in [0.15, 0.2) is 0 Å². The number of aromatic nitrogens is 1. The van der Waals surface area contributed by atoms with E-state index in [2.05, 4.69) is 10.3 Å². The lowest BCUT2D eigenvalue weighted by atomic mass is 10.0. The monoisotopic (exact) mass is 433 g/mol. The van der Waals surface area contributed by atoms with Crippen LogP contribution < -0.4 is 10.1 Å². The van der Waals surface area contributed by atoms with Crippen molar-refractivity contribution >= 4 is 21.8 Å². The van der Waals surface area contributed by atoms with Crippen molar-refractivity contribution in [2.75, 3.05) is 31.6 Å². The summed E-state index contributed by atoms with van der Waals surface area (Å²) in [7, 11) is -3.75. The van der Waals surface area contributed by atoms with E-state index in [9.17, 15) is 18.3 Å². The Morgan fingerprint density at radius 1 is 1.23 bits per heavy atom. The van der Waals surface area contributed by atoms with Gasteiger partial charge in [0.05, 0.1) is 17.4 Å². The van der Waals surface area contributed by atoms with Crippen molar-refractivity contribution in [2.24, 2.45) is 5.92 Å². The van der Waals surface area contributed by atoms with Crippen LogP contribution >= 0.6 is 0 Å². The maximum Gasteiger partial charge on any atom is 0.307 e. The zero-order chi connectivity index (χ0) is 21.4. The summed E-state index contributed by atoms with van der Waals surface area (Å²) in [6, 6.07) is 12.1. The molecule has 30 heavy (non-hydrogen) atoms. The summed E-state index contributed by atoms with van der Waals surface area (Å²) < 4.78 is 32.8. The van der Waals surface area contributed by atoms with Crippen molar-refractivity contribution in [1.29, 1.82) is 0 Å². The third-order valence-corrected chi connectivity index (χ3v) is 6.85. The predicted octanol–water partition coefficient (Wildman–Crippen LogP) is 2.84. The maximum atomic E-state index is 12.9. The summed E-state index contributed by atoms with van der Waals surface area (Å²) in [4.78, 5) is 15.6. The van der Waals surface area contributed by atoms with Crippen LogP contribution in [0, 0.1) is 5.92 Å². The maximum absolute atomic E-state index is 12.9. The molecule has 0 saturated carbocycles. The normalized spacial score (nSPS) is 17.4. The number of nitrogens with one attached hydrogen (secondary N) is 1. The van der Waals surface area contributed by atoms with E-state index in [0.29, 0.717) is 31.7 Å². The Kier molecular flexibility index (Phi) is 7.64. The van der Waals surface area contributed by atoms with Gasteiger partial charge in [-0.05, 0) is 49.9 Å². The van der Waals surface area contributed by atoms with Crippen LogP contribution in [-0.2, 0) is 14.8 Å². The number of rotatable bonds is 10. The smallest absolute Gasteiger partial charge is 0.307 e. The van der Waals surface area contributed by atoms with Gasteiger partial charge in [0.1, 0.15) is 11.6 Å². The Bertz CT molecular complexity index is 937. The van der Waals surface area contributed by atoms with Gasteiger partial charge in [0.2, 0.25) is 10.0 Å². The number of sulfonamides is 1. The van der Waals surface area contributed by atoms with E-state index in [0.717, 1.165) is 25.2 Å². The molecule has 0 radical (unpaired) electrons. The minimum absolute atomic E-state index is 0.00598. The van der Waals surface area contributed by atoms with E-state index in [4.69, 9.17) is 4.74 Å². The minimum atomic E-state index is -3.75. The van der Waals surface area contributed by atoms with Crippen LogP contribution in [0.15, 0.2) is 53.6 Å². The Balaban J connectivity index is 1.49. The molecule has 3 rings (SSSR count). The number of carboxylic acid groups (broad SMARTS) is 1. The minimum Gasteiger partial charge on any atom is -0.494 e. The second kappa shape index (κ2) is 10.4. The van der Waals surface area contributed by atoms with Gasteiger partial charge in [-0.1, -0.05) is 12.1 Å². The highest BCUT2D eigenvalue weighted by molar-refractivity contribution is 7.89. The number of nitrogens with zero attached hydrogens (tertiary/aromatic N) is 2. The number of carbonyl (C=O) groups is 1. The molecule has 1 saturated heterocycles. The number of anilines is 1. The molecule has 8 nitrogen and oxygen atoms in total. The Labute approximate surface area is 176 Å². The number of benzene rings is 1. The van der Waals surface area contributed by atoms with Crippen LogP contribution in [0.3, 0.4) is 0 Å². The lowest BCUT2D eigenvalue weighted by molar-refractivity contribution is -0.142. The van der Waals surface area contributed by atoms with Crippen molar-refractivity contribution in [1.82, 2.24) is 9.29 Å². The van der Waals surface area contributed by atoms with Crippen LogP contribution in [0.2, 0.25) is 0 Å². The van der Waals surface area contributed by atoms with Crippen molar-refractivity contribution in [2.45, 2.75) is 30.6 Å². The molecule has 1 atom stereocenters. The average molecular weight is 434 g/mol. The first-order valence-electron chi connectivity index (χ1n) is 10.1. The summed E-state index contributed by atoms with van der Waals surface area (Å²) in [6.45, 7) is 1.58. The van der Waals surface area contributed by atoms with Gasteiger partial charge in [-0.3, -0.25) is 4.79 Å². The van der Waals surface area contributed by atoms with Gasteiger partial charge in [-0.2, -0.15) is 4.31 Å². The second-order valence-electron chi connectivity index (χ2n) is 7.21. The van der Waals surface area contributed by atoms with Crippen LogP contribution in [0.25, 0.3) is 0 Å². The average Bonchev–Trinajstić information content (AvgIpc) is 2.77. The lowest BCUT2D eigenvalue weighted by Crippen LogP contribution is -2.42. The number of pyridine rings is 1. The van der Waals surface area contributed by atoms with Crippen molar-refractivity contribution < 1.29 is 23.1 Å². The molecule has 1 fully saturated rings. The lowest BCUT2D eigenvalue weighted by Gasteiger charge is -2.29. The zero-order valence-electron chi connectivity index (χ0n) is 16.7. The molecule has 2 heterocycles. The van der Waals surface area contributed by atoms with Crippen molar-refractivity contribution in [3.8, 4) is 5.75 Å². The molecule has 162 valence electrons. The summed E-state index contributed by atoms with van der Waals surface area (Å²) in [5.41, 5.74) is 0. The van der Waals surface area contributed by atoms with Gasteiger partial charge in [-0.25, -0.2) is 13.4 Å². The fourth-order valence-electron chi connectivity index (χ4n) is 3.34. The van der Waals surface area contributed by atoms with E-state index in [1.807, 2.05) is 18.2 Å². The molecule has 2 N–H and O–H groups in total. The summed E-state index contributed by atoms with van der Waals surface area (Å²) in [5.74, 6) is -0.295. The first kappa shape index (κ1) is 22.0. The van der Waals surface area contributed by atoms with E-state index in [1.165, 1.54) is 16.4 Å². The highest BCUT2D eigenvalue weighted by Crippen LogP contribution is 2.26. The third-order valence-electron chi connectivity index (χ3n) is 4.99. The van der Waals surface area contributed by atoms with Gasteiger partial charge in [-0.15, -0.1) is 0 Å². The van der Waals surface area contributed by atoms with Gasteiger partial charge in [0, 0.05) is 31.9 Å². The molecule has 1 aromatic heterocycles. The van der Waals surface area contributed by atoms with Crippen LogP contribution in [0.1, 0.15) is 25.7 Å². The standard InChI is InChI=1S/C21H27N3O5S/c25-21(26)17-7-6-13-24(16-17)30(27,28)19-9-5-8-18(15-19)29-14-4-3-12-23-20-10-1-2-11-22-20/h1-2,5,8-11,15,17H,3-4,6-7,12-14,16H2,(H,22,23)(H,25,26). The highest BCUT2D eigenvalue weighted by Gasteiger charge is 2.33. The Hall–Kier alpha value is -2.65. The van der Waals surface area contributed by atoms with Crippen LogP contribution in [-0.4, -0.2) is 55.0 Å². The first-order chi connectivity index (χ1) is 14.5. The molecule has 1 aliphatic rings. The number of piperidine rings is 1. The van der Waals surface area contributed by atoms with Gasteiger partial charge < -0.3 is 15.2 Å². The molecular weight excluding hydrogens is 406 g/mol. The molecule has 0 spiro atoms. The number of unbranched alkanes of at least 4 members (excludes halogenated alkanes) is 1. The quantitative estimate of drug-likeness (QED) is 0.555. The molecule has 2 aromatic rings. The summed E-state index contributed by atoms with van der Waals surface area (Å²) in [5, 5.41) is 12.4. The first-order valence-corrected chi connectivity index (χ1v) is 11.5. The predicted molar refractivity (Wildman–Crippen MR) is 113 cm³/mol. The molecule has 1 aromatic carbocycles. The molecule has 1 unspecified atom stereocenters. The van der Waals surface area contributed by atoms with E-state index >= 15 is 0 Å². The zero-order valence-corrected chi connectivity index (χ0v) is 17.6. The van der Waals surface area contributed by atoms with Gasteiger partial charge >= 0.3 is 5.97 Å². The molecule has 9 heteroatoms. The number of aliphatic carboxylic acids is 1. The summed E-state index contributed by atoms with van der Waals surface area (Å²) >= 11 is 0. The Morgan fingerprint density at radius 3 is 2.87 bits per heavy atom.